The molecule has 24 heavy (non-hydrogen) atoms. The Hall–Kier alpha value is -1.79. The lowest BCUT2D eigenvalue weighted by Gasteiger charge is -2.35. The van der Waals surface area contributed by atoms with Crippen LogP contribution in [0.1, 0.15) is 46.5 Å². The summed E-state index contributed by atoms with van der Waals surface area (Å²) in [6.07, 6.45) is 3.22. The predicted molar refractivity (Wildman–Crippen MR) is 87.4 cm³/mol. The molecule has 2 rings (SSSR count). The van der Waals surface area contributed by atoms with Crippen LogP contribution in [0.2, 0.25) is 0 Å². The highest BCUT2D eigenvalue weighted by Crippen LogP contribution is 2.41. The molecular weight excluding hydrogens is 312 g/mol. The van der Waals surface area contributed by atoms with Gasteiger partial charge in [-0.05, 0) is 23.7 Å². The van der Waals surface area contributed by atoms with E-state index in [9.17, 15) is 19.5 Å². The molecule has 1 saturated carbocycles. The van der Waals surface area contributed by atoms with E-state index < -0.39 is 29.6 Å². The molecule has 2 N–H and O–H groups in total. The topological polar surface area (TPSA) is 95.9 Å². The molecule has 1 aliphatic carbocycles. The van der Waals surface area contributed by atoms with Gasteiger partial charge in [0.05, 0.1) is 7.11 Å². The van der Waals surface area contributed by atoms with Crippen LogP contribution in [0.25, 0.3) is 0 Å². The summed E-state index contributed by atoms with van der Waals surface area (Å²) < 4.78 is 4.61. The number of amides is 2. The van der Waals surface area contributed by atoms with Crippen molar-refractivity contribution in [2.45, 2.75) is 58.5 Å². The zero-order chi connectivity index (χ0) is 18.1. The number of carboxylic acids is 1. The molecule has 1 aliphatic heterocycles. The SMILES string of the molecule is COC(=O)N[C@H](C(=O)N1CC(C2CCC2)C[C@H]1C(=O)O)C(C)(C)C. The van der Waals surface area contributed by atoms with E-state index in [1.807, 2.05) is 20.8 Å². The van der Waals surface area contributed by atoms with Crippen LogP contribution in [0, 0.1) is 17.3 Å². The van der Waals surface area contributed by atoms with E-state index in [0.29, 0.717) is 18.9 Å². The Bertz CT molecular complexity index is 510. The maximum atomic E-state index is 13.0. The molecule has 1 unspecified atom stereocenters. The molecule has 0 spiro atoms. The van der Waals surface area contributed by atoms with Gasteiger partial charge in [-0.3, -0.25) is 4.79 Å². The third kappa shape index (κ3) is 3.82. The van der Waals surface area contributed by atoms with E-state index in [-0.39, 0.29) is 11.8 Å². The number of hydrogen-bond acceptors (Lipinski definition) is 4. The summed E-state index contributed by atoms with van der Waals surface area (Å²) in [5.41, 5.74) is -0.553. The van der Waals surface area contributed by atoms with E-state index in [4.69, 9.17) is 0 Å². The van der Waals surface area contributed by atoms with Crippen LogP contribution in [0.4, 0.5) is 4.79 Å². The van der Waals surface area contributed by atoms with Gasteiger partial charge in [0.15, 0.2) is 0 Å². The minimum atomic E-state index is -0.976. The quantitative estimate of drug-likeness (QED) is 0.814. The summed E-state index contributed by atoms with van der Waals surface area (Å²) >= 11 is 0. The fraction of sp³-hybridized carbons (Fsp3) is 0.824. The van der Waals surface area contributed by atoms with Crippen molar-refractivity contribution in [3.63, 3.8) is 0 Å². The normalized spacial score (nSPS) is 25.8. The second-order valence-electron chi connectivity index (χ2n) is 7.97. The average molecular weight is 340 g/mol. The largest absolute Gasteiger partial charge is 0.480 e. The number of hydrogen-bond donors (Lipinski definition) is 2. The van der Waals surface area contributed by atoms with Crippen molar-refractivity contribution < 1.29 is 24.2 Å². The second kappa shape index (κ2) is 6.99. The first-order valence-electron chi connectivity index (χ1n) is 8.53. The summed E-state index contributed by atoms with van der Waals surface area (Å²) in [7, 11) is 1.24. The lowest BCUT2D eigenvalue weighted by Crippen LogP contribution is -2.56. The Balaban J connectivity index is 2.18. The number of methoxy groups -OCH3 is 1. The van der Waals surface area contributed by atoms with Crippen molar-refractivity contribution in [1.29, 1.82) is 0 Å². The van der Waals surface area contributed by atoms with Gasteiger partial charge in [0.1, 0.15) is 12.1 Å². The Morgan fingerprint density at radius 3 is 2.25 bits per heavy atom. The molecule has 7 nitrogen and oxygen atoms in total. The Morgan fingerprint density at radius 1 is 1.21 bits per heavy atom. The average Bonchev–Trinajstić information content (AvgIpc) is 2.85. The number of ether oxygens (including phenoxy) is 1. The van der Waals surface area contributed by atoms with Crippen LogP contribution in [0.3, 0.4) is 0 Å². The van der Waals surface area contributed by atoms with Crippen molar-refractivity contribution >= 4 is 18.0 Å². The third-order valence-corrected chi connectivity index (χ3v) is 5.28. The zero-order valence-electron chi connectivity index (χ0n) is 14.9. The van der Waals surface area contributed by atoms with Gasteiger partial charge < -0.3 is 20.1 Å². The van der Waals surface area contributed by atoms with Crippen molar-refractivity contribution in [3.8, 4) is 0 Å². The number of carboxylic acid groups (broad SMARTS) is 1. The lowest BCUT2D eigenvalue weighted by atomic mass is 9.75. The van der Waals surface area contributed by atoms with Gasteiger partial charge in [-0.2, -0.15) is 0 Å². The fourth-order valence-electron chi connectivity index (χ4n) is 3.59. The molecule has 0 aromatic heterocycles. The van der Waals surface area contributed by atoms with Gasteiger partial charge >= 0.3 is 12.1 Å². The van der Waals surface area contributed by atoms with Gasteiger partial charge in [-0.15, -0.1) is 0 Å². The van der Waals surface area contributed by atoms with E-state index in [1.165, 1.54) is 18.4 Å². The Kier molecular flexibility index (Phi) is 5.40. The summed E-state index contributed by atoms with van der Waals surface area (Å²) in [5.74, 6) is -0.563. The Labute approximate surface area is 142 Å². The standard InChI is InChI=1S/C17H28N2O5/c1-17(2,3)13(18-16(23)24-4)14(20)19-9-11(10-6-5-7-10)8-12(19)15(21)22/h10-13H,5-9H2,1-4H3,(H,18,23)(H,21,22)/t11?,12-,13+/m0/s1. The summed E-state index contributed by atoms with van der Waals surface area (Å²) in [6.45, 7) is 5.96. The highest BCUT2D eigenvalue weighted by atomic mass is 16.5. The first kappa shape index (κ1) is 18.5. The molecule has 0 radical (unpaired) electrons. The summed E-state index contributed by atoms with van der Waals surface area (Å²) in [4.78, 5) is 37.7. The lowest BCUT2D eigenvalue weighted by molar-refractivity contribution is -0.150. The molecule has 136 valence electrons. The number of rotatable bonds is 4. The fourth-order valence-corrected chi connectivity index (χ4v) is 3.59. The van der Waals surface area contributed by atoms with Gasteiger partial charge in [0.2, 0.25) is 5.91 Å². The third-order valence-electron chi connectivity index (χ3n) is 5.28. The van der Waals surface area contributed by atoms with Crippen LogP contribution >= 0.6 is 0 Å². The highest BCUT2D eigenvalue weighted by molar-refractivity contribution is 5.90. The molecule has 1 heterocycles. The maximum absolute atomic E-state index is 13.0. The van der Waals surface area contributed by atoms with E-state index in [1.54, 1.807) is 0 Å². The molecule has 2 fully saturated rings. The number of likely N-dealkylation sites (tertiary alicyclic amines) is 1. The minimum Gasteiger partial charge on any atom is -0.480 e. The molecule has 7 heteroatoms. The van der Waals surface area contributed by atoms with Crippen LogP contribution < -0.4 is 5.32 Å². The van der Waals surface area contributed by atoms with Gasteiger partial charge in [0.25, 0.3) is 0 Å². The molecule has 0 aromatic rings. The minimum absolute atomic E-state index is 0.238. The second-order valence-corrected chi connectivity index (χ2v) is 7.97. The first-order valence-corrected chi connectivity index (χ1v) is 8.53. The summed E-state index contributed by atoms with van der Waals surface area (Å²) in [6, 6.07) is -1.64. The smallest absolute Gasteiger partial charge is 0.407 e. The molecule has 3 atom stereocenters. The molecule has 0 aromatic carbocycles. The van der Waals surface area contributed by atoms with Gasteiger partial charge in [0, 0.05) is 6.54 Å². The summed E-state index contributed by atoms with van der Waals surface area (Å²) in [5, 5.41) is 12.1. The number of nitrogens with zero attached hydrogens (tertiary/aromatic N) is 1. The van der Waals surface area contributed by atoms with E-state index >= 15 is 0 Å². The first-order chi connectivity index (χ1) is 11.1. The van der Waals surface area contributed by atoms with Gasteiger partial charge in [-0.1, -0.05) is 40.0 Å². The predicted octanol–water partition coefficient (Wildman–Crippen LogP) is 1.86. The molecule has 2 aliphatic rings. The van der Waals surface area contributed by atoms with Crippen molar-refractivity contribution in [1.82, 2.24) is 10.2 Å². The van der Waals surface area contributed by atoms with Crippen molar-refractivity contribution in [2.24, 2.45) is 17.3 Å². The Morgan fingerprint density at radius 2 is 1.83 bits per heavy atom. The van der Waals surface area contributed by atoms with Crippen LogP contribution in [0.5, 0.6) is 0 Å². The monoisotopic (exact) mass is 340 g/mol. The number of nitrogens with one attached hydrogen (secondary N) is 1. The van der Waals surface area contributed by atoms with E-state index in [2.05, 4.69) is 10.1 Å². The highest BCUT2D eigenvalue weighted by Gasteiger charge is 2.47. The molecule has 2 amide bonds. The van der Waals surface area contributed by atoms with Crippen LogP contribution in [-0.4, -0.2) is 53.7 Å². The zero-order valence-corrected chi connectivity index (χ0v) is 14.9. The number of carbonyl (C=O) groups excluding carboxylic acids is 2. The van der Waals surface area contributed by atoms with Crippen LogP contribution in [0.15, 0.2) is 0 Å². The van der Waals surface area contributed by atoms with Gasteiger partial charge in [-0.25, -0.2) is 9.59 Å². The number of carbonyl (C=O) groups is 3. The van der Waals surface area contributed by atoms with Crippen molar-refractivity contribution in [2.75, 3.05) is 13.7 Å². The number of alkyl carbamates (subject to hydrolysis) is 1. The van der Waals surface area contributed by atoms with Crippen LogP contribution in [-0.2, 0) is 14.3 Å². The van der Waals surface area contributed by atoms with Crippen molar-refractivity contribution in [3.05, 3.63) is 0 Å². The molecule has 1 saturated heterocycles. The molecular formula is C17H28N2O5. The maximum Gasteiger partial charge on any atom is 0.407 e. The molecule has 0 bridgehead atoms. The number of aliphatic carboxylic acids is 1. The van der Waals surface area contributed by atoms with E-state index in [0.717, 1.165) is 12.8 Å².